The Hall–Kier alpha value is -2.58. The molecule has 0 aliphatic carbocycles. The summed E-state index contributed by atoms with van der Waals surface area (Å²) in [6, 6.07) is 5.56. The first-order valence-corrected chi connectivity index (χ1v) is 11.4. The quantitative estimate of drug-likeness (QED) is 0.630. The first-order chi connectivity index (χ1) is 14.6. The Labute approximate surface area is 181 Å². The van der Waals surface area contributed by atoms with Crippen LogP contribution >= 0.6 is 11.3 Å². The van der Waals surface area contributed by atoms with Gasteiger partial charge in [0.2, 0.25) is 0 Å². The number of carbonyl (C=O) groups is 1. The molecule has 0 saturated carbocycles. The van der Waals surface area contributed by atoms with Crippen LogP contribution in [0.25, 0.3) is 0 Å². The standard InChI is InChI=1S/C22H28N6OS/c1-16(2)12-19(24-22(29)18-4-3-7-23-13-18)21-26-25-20-5-8-27(9-10-28(20)21)14-17-6-11-30-15-17/h3-4,6-7,11,13,15-16,19H,5,8-10,12,14H2,1-2H3,(H,24,29)/t19-/m0/s1. The second-order valence-corrected chi connectivity index (χ2v) is 8.96. The van der Waals surface area contributed by atoms with Crippen molar-refractivity contribution < 1.29 is 4.79 Å². The zero-order valence-electron chi connectivity index (χ0n) is 17.5. The zero-order valence-corrected chi connectivity index (χ0v) is 18.3. The molecule has 1 aliphatic heterocycles. The van der Waals surface area contributed by atoms with Gasteiger partial charge < -0.3 is 9.88 Å². The molecule has 1 amide bonds. The fourth-order valence-corrected chi connectivity index (χ4v) is 4.54. The number of pyridine rings is 1. The average Bonchev–Trinajstić information content (AvgIpc) is 3.35. The predicted octanol–water partition coefficient (Wildman–Crippen LogP) is 3.31. The number of fused-ring (bicyclic) bond motifs is 1. The molecule has 7 nitrogen and oxygen atoms in total. The molecule has 0 spiro atoms. The van der Waals surface area contributed by atoms with Gasteiger partial charge in [-0.3, -0.25) is 14.7 Å². The van der Waals surface area contributed by atoms with Crippen LogP contribution in [0, 0.1) is 5.92 Å². The molecular weight excluding hydrogens is 396 g/mol. The van der Waals surface area contributed by atoms with Gasteiger partial charge in [-0.15, -0.1) is 10.2 Å². The Morgan fingerprint density at radius 1 is 1.23 bits per heavy atom. The van der Waals surface area contributed by atoms with Gasteiger partial charge in [0.25, 0.3) is 5.91 Å². The molecule has 0 saturated heterocycles. The van der Waals surface area contributed by atoms with Crippen molar-refractivity contribution in [2.75, 3.05) is 13.1 Å². The summed E-state index contributed by atoms with van der Waals surface area (Å²) in [6.45, 7) is 8.02. The van der Waals surface area contributed by atoms with E-state index in [9.17, 15) is 4.79 Å². The second-order valence-electron chi connectivity index (χ2n) is 8.18. The van der Waals surface area contributed by atoms with Gasteiger partial charge in [-0.2, -0.15) is 11.3 Å². The van der Waals surface area contributed by atoms with Crippen LogP contribution in [0.4, 0.5) is 0 Å². The molecule has 4 heterocycles. The maximum Gasteiger partial charge on any atom is 0.253 e. The van der Waals surface area contributed by atoms with Crippen molar-refractivity contribution in [2.45, 2.75) is 45.8 Å². The molecule has 1 atom stereocenters. The Morgan fingerprint density at radius 3 is 2.87 bits per heavy atom. The van der Waals surface area contributed by atoms with E-state index in [4.69, 9.17) is 0 Å². The summed E-state index contributed by atoms with van der Waals surface area (Å²) in [5.74, 6) is 2.15. The monoisotopic (exact) mass is 424 g/mol. The van der Waals surface area contributed by atoms with E-state index in [2.05, 4.69) is 60.6 Å². The summed E-state index contributed by atoms with van der Waals surface area (Å²) in [4.78, 5) is 19.3. The summed E-state index contributed by atoms with van der Waals surface area (Å²) in [7, 11) is 0. The molecule has 1 aliphatic rings. The minimum Gasteiger partial charge on any atom is -0.342 e. The molecule has 0 bridgehead atoms. The van der Waals surface area contributed by atoms with Crippen molar-refractivity contribution in [1.29, 1.82) is 0 Å². The van der Waals surface area contributed by atoms with Crippen LogP contribution in [0.15, 0.2) is 41.4 Å². The largest absolute Gasteiger partial charge is 0.342 e. The van der Waals surface area contributed by atoms with Crippen LogP contribution in [0.5, 0.6) is 0 Å². The molecule has 158 valence electrons. The molecule has 30 heavy (non-hydrogen) atoms. The topological polar surface area (TPSA) is 75.9 Å². The smallest absolute Gasteiger partial charge is 0.253 e. The number of hydrogen-bond acceptors (Lipinski definition) is 6. The van der Waals surface area contributed by atoms with E-state index in [-0.39, 0.29) is 11.9 Å². The Morgan fingerprint density at radius 2 is 2.13 bits per heavy atom. The molecule has 4 rings (SSSR count). The predicted molar refractivity (Wildman–Crippen MR) is 117 cm³/mol. The number of thiophene rings is 1. The van der Waals surface area contributed by atoms with Crippen molar-refractivity contribution in [1.82, 2.24) is 30.0 Å². The molecule has 3 aromatic heterocycles. The third kappa shape index (κ3) is 4.94. The van der Waals surface area contributed by atoms with E-state index in [0.717, 1.165) is 50.7 Å². The van der Waals surface area contributed by atoms with Gasteiger partial charge in [-0.1, -0.05) is 13.8 Å². The normalized spacial score (nSPS) is 15.6. The van der Waals surface area contributed by atoms with Crippen LogP contribution in [0.2, 0.25) is 0 Å². The van der Waals surface area contributed by atoms with Crippen LogP contribution in [0.1, 0.15) is 53.9 Å². The summed E-state index contributed by atoms with van der Waals surface area (Å²) in [6.07, 6.45) is 4.93. The Balaban J connectivity index is 1.50. The molecule has 0 aromatic carbocycles. The third-order valence-corrected chi connectivity index (χ3v) is 6.11. The highest BCUT2D eigenvalue weighted by Crippen LogP contribution is 2.23. The zero-order chi connectivity index (χ0) is 20.9. The van der Waals surface area contributed by atoms with Crippen LogP contribution in [-0.4, -0.2) is 43.6 Å². The average molecular weight is 425 g/mol. The minimum absolute atomic E-state index is 0.126. The SMILES string of the molecule is CC(C)C[C@H](NC(=O)c1cccnc1)c1nnc2n1CCN(Cc1ccsc1)CC2. The minimum atomic E-state index is -0.178. The van der Waals surface area contributed by atoms with E-state index < -0.39 is 0 Å². The number of nitrogens with one attached hydrogen (secondary N) is 1. The number of nitrogens with zero attached hydrogens (tertiary/aromatic N) is 5. The fraction of sp³-hybridized carbons (Fsp3) is 0.455. The first kappa shape index (κ1) is 20.7. The van der Waals surface area contributed by atoms with Gasteiger partial charge in [-0.25, -0.2) is 0 Å². The highest BCUT2D eigenvalue weighted by molar-refractivity contribution is 7.07. The van der Waals surface area contributed by atoms with Gasteiger partial charge in [-0.05, 0) is 46.9 Å². The molecule has 8 heteroatoms. The van der Waals surface area contributed by atoms with Gasteiger partial charge in [0.1, 0.15) is 5.82 Å². The summed E-state index contributed by atoms with van der Waals surface area (Å²) >= 11 is 1.74. The van der Waals surface area contributed by atoms with Crippen molar-refractivity contribution in [2.24, 2.45) is 5.92 Å². The Kier molecular flexibility index (Phi) is 6.54. The lowest BCUT2D eigenvalue weighted by Crippen LogP contribution is -2.32. The second kappa shape index (κ2) is 9.49. The van der Waals surface area contributed by atoms with E-state index in [0.29, 0.717) is 11.5 Å². The summed E-state index contributed by atoms with van der Waals surface area (Å²) in [5, 5.41) is 16.5. The molecule has 0 unspecified atom stereocenters. The van der Waals surface area contributed by atoms with Crippen LogP contribution in [-0.2, 0) is 19.5 Å². The molecular formula is C22H28N6OS. The maximum absolute atomic E-state index is 12.8. The van der Waals surface area contributed by atoms with Crippen molar-refractivity contribution in [3.63, 3.8) is 0 Å². The lowest BCUT2D eigenvalue weighted by molar-refractivity contribution is 0.0928. The fourth-order valence-electron chi connectivity index (χ4n) is 3.88. The third-order valence-electron chi connectivity index (χ3n) is 5.38. The van der Waals surface area contributed by atoms with Gasteiger partial charge in [0.15, 0.2) is 5.82 Å². The van der Waals surface area contributed by atoms with Crippen LogP contribution in [0.3, 0.4) is 0 Å². The molecule has 0 radical (unpaired) electrons. The summed E-state index contributed by atoms with van der Waals surface area (Å²) < 4.78 is 2.21. The van der Waals surface area contributed by atoms with E-state index in [1.807, 2.05) is 0 Å². The molecule has 1 N–H and O–H groups in total. The van der Waals surface area contributed by atoms with Crippen molar-refractivity contribution in [3.8, 4) is 0 Å². The lowest BCUT2D eigenvalue weighted by atomic mass is 10.0. The maximum atomic E-state index is 12.8. The number of rotatable bonds is 7. The number of amides is 1. The van der Waals surface area contributed by atoms with Gasteiger partial charge in [0.05, 0.1) is 11.6 Å². The highest BCUT2D eigenvalue weighted by Gasteiger charge is 2.26. The lowest BCUT2D eigenvalue weighted by Gasteiger charge is -2.22. The van der Waals surface area contributed by atoms with Gasteiger partial charge >= 0.3 is 0 Å². The van der Waals surface area contributed by atoms with E-state index in [1.165, 1.54) is 5.56 Å². The number of aromatic nitrogens is 4. The van der Waals surface area contributed by atoms with Crippen molar-refractivity contribution in [3.05, 3.63) is 64.1 Å². The molecule has 3 aromatic rings. The molecule has 0 fully saturated rings. The van der Waals surface area contributed by atoms with E-state index in [1.54, 1.807) is 35.9 Å². The Bertz CT molecular complexity index is 953. The van der Waals surface area contributed by atoms with Crippen LogP contribution < -0.4 is 5.32 Å². The van der Waals surface area contributed by atoms with Crippen molar-refractivity contribution >= 4 is 17.2 Å². The summed E-state index contributed by atoms with van der Waals surface area (Å²) in [5.41, 5.74) is 1.92. The number of hydrogen-bond donors (Lipinski definition) is 1. The van der Waals surface area contributed by atoms with Gasteiger partial charge in [0, 0.05) is 45.0 Å². The highest BCUT2D eigenvalue weighted by atomic mass is 32.1. The first-order valence-electron chi connectivity index (χ1n) is 10.5. The van der Waals surface area contributed by atoms with E-state index >= 15 is 0 Å². The number of carbonyl (C=O) groups excluding carboxylic acids is 1.